The minimum absolute atomic E-state index is 0.276. The lowest BCUT2D eigenvalue weighted by molar-refractivity contribution is -0.137. The molecule has 8 heteroatoms. The molecule has 0 amide bonds. The Bertz CT molecular complexity index is 912. The van der Waals surface area contributed by atoms with Crippen LogP contribution in [-0.4, -0.2) is 9.36 Å². The molecule has 1 aromatic heterocycles. The molecule has 0 saturated carbocycles. The fourth-order valence-electron chi connectivity index (χ4n) is 2.02. The predicted molar refractivity (Wildman–Crippen MR) is 84.8 cm³/mol. The van der Waals surface area contributed by atoms with Crippen LogP contribution in [0.3, 0.4) is 0 Å². The Morgan fingerprint density at radius 2 is 1.88 bits per heavy atom. The Morgan fingerprint density at radius 3 is 2.62 bits per heavy atom. The number of nitrogens with zero attached hydrogens (tertiary/aromatic N) is 3. The molecular formula is C16H9F3N4S. The summed E-state index contributed by atoms with van der Waals surface area (Å²) in [4.78, 5) is 4.25. The molecule has 120 valence electrons. The molecule has 0 unspecified atom stereocenters. The highest BCUT2D eigenvalue weighted by Crippen LogP contribution is 2.32. The molecule has 3 rings (SSSR count). The van der Waals surface area contributed by atoms with Crippen LogP contribution < -0.4 is 5.32 Å². The topological polar surface area (TPSA) is 61.6 Å². The zero-order valence-corrected chi connectivity index (χ0v) is 12.8. The van der Waals surface area contributed by atoms with Crippen LogP contribution in [0.5, 0.6) is 0 Å². The summed E-state index contributed by atoms with van der Waals surface area (Å²) in [6.45, 7) is 0. The summed E-state index contributed by atoms with van der Waals surface area (Å²) in [5.74, 6) is 0.409. The third kappa shape index (κ3) is 3.52. The molecule has 0 aliphatic heterocycles. The van der Waals surface area contributed by atoms with Gasteiger partial charge in [-0.3, -0.25) is 0 Å². The summed E-state index contributed by atoms with van der Waals surface area (Å²) in [7, 11) is 0. The van der Waals surface area contributed by atoms with E-state index in [1.807, 2.05) is 6.07 Å². The van der Waals surface area contributed by atoms with E-state index < -0.39 is 11.7 Å². The molecule has 0 bridgehead atoms. The maximum atomic E-state index is 12.7. The molecule has 4 nitrogen and oxygen atoms in total. The Balaban J connectivity index is 1.83. The van der Waals surface area contributed by atoms with Crippen LogP contribution in [0.2, 0.25) is 0 Å². The van der Waals surface area contributed by atoms with Gasteiger partial charge in [0, 0.05) is 22.8 Å². The van der Waals surface area contributed by atoms with Crippen molar-refractivity contribution in [3.05, 3.63) is 59.7 Å². The molecule has 0 saturated heterocycles. The number of anilines is 2. The van der Waals surface area contributed by atoms with E-state index in [9.17, 15) is 13.2 Å². The minimum Gasteiger partial charge on any atom is -0.330 e. The Hall–Kier alpha value is -2.92. The highest BCUT2D eigenvalue weighted by Gasteiger charge is 2.30. The molecule has 2 aromatic carbocycles. The van der Waals surface area contributed by atoms with Gasteiger partial charge in [0.1, 0.15) is 0 Å². The molecule has 3 aromatic rings. The first-order valence-corrected chi connectivity index (χ1v) is 7.51. The molecule has 0 spiro atoms. The van der Waals surface area contributed by atoms with Crippen molar-refractivity contribution in [1.29, 1.82) is 5.26 Å². The summed E-state index contributed by atoms with van der Waals surface area (Å²) >= 11 is 1.03. The van der Waals surface area contributed by atoms with Crippen molar-refractivity contribution in [3.8, 4) is 17.5 Å². The third-order valence-corrected chi connectivity index (χ3v) is 3.75. The summed E-state index contributed by atoms with van der Waals surface area (Å²) in [5, 5.41) is 12.1. The number of hydrogen-bond donors (Lipinski definition) is 1. The first-order chi connectivity index (χ1) is 11.5. The maximum absolute atomic E-state index is 12.7. The molecule has 1 N–H and O–H groups in total. The monoisotopic (exact) mass is 346 g/mol. The van der Waals surface area contributed by atoms with E-state index in [0.717, 1.165) is 23.7 Å². The van der Waals surface area contributed by atoms with Crippen LogP contribution in [0, 0.1) is 11.3 Å². The fourth-order valence-corrected chi connectivity index (χ4v) is 2.63. The standard InChI is InChI=1S/C16H9F3N4S/c17-16(18,19)12-5-2-6-13(8-12)21-15-22-14(23-24-15)11-4-1-3-10(7-11)9-20/h1-8H,(H,21,22,23). The first kappa shape index (κ1) is 16.0. The second-order valence-corrected chi connectivity index (χ2v) is 5.57. The zero-order chi connectivity index (χ0) is 17.2. The summed E-state index contributed by atoms with van der Waals surface area (Å²) in [5.41, 5.74) is 0.689. The molecule has 0 aliphatic carbocycles. The number of halogens is 3. The van der Waals surface area contributed by atoms with Gasteiger partial charge in [0.2, 0.25) is 5.13 Å². The largest absolute Gasteiger partial charge is 0.416 e. The van der Waals surface area contributed by atoms with Crippen LogP contribution in [0.25, 0.3) is 11.4 Å². The van der Waals surface area contributed by atoms with Crippen LogP contribution in [0.1, 0.15) is 11.1 Å². The van der Waals surface area contributed by atoms with Gasteiger partial charge in [0.25, 0.3) is 0 Å². The van der Waals surface area contributed by atoms with Gasteiger partial charge in [0.05, 0.1) is 17.2 Å². The van der Waals surface area contributed by atoms with E-state index >= 15 is 0 Å². The van der Waals surface area contributed by atoms with E-state index in [1.165, 1.54) is 12.1 Å². The molecule has 24 heavy (non-hydrogen) atoms. The Kier molecular flexibility index (Phi) is 4.18. The van der Waals surface area contributed by atoms with E-state index in [-0.39, 0.29) is 5.69 Å². The van der Waals surface area contributed by atoms with Crippen molar-refractivity contribution in [2.24, 2.45) is 0 Å². The zero-order valence-electron chi connectivity index (χ0n) is 12.0. The molecule has 0 atom stereocenters. The number of alkyl halides is 3. The molecule has 0 fully saturated rings. The van der Waals surface area contributed by atoms with E-state index in [0.29, 0.717) is 22.1 Å². The number of nitriles is 1. The van der Waals surface area contributed by atoms with Crippen LogP contribution in [0.15, 0.2) is 48.5 Å². The summed E-state index contributed by atoms with van der Waals surface area (Å²) < 4.78 is 42.3. The Morgan fingerprint density at radius 1 is 1.08 bits per heavy atom. The molecule has 0 aliphatic rings. The van der Waals surface area contributed by atoms with Crippen molar-refractivity contribution >= 4 is 22.4 Å². The van der Waals surface area contributed by atoms with E-state index in [4.69, 9.17) is 5.26 Å². The SMILES string of the molecule is N#Cc1cccc(-c2nsc(Nc3cccc(C(F)(F)F)c3)n2)c1. The van der Waals surface area contributed by atoms with Gasteiger partial charge in [-0.15, -0.1) is 0 Å². The molecular weight excluding hydrogens is 337 g/mol. The van der Waals surface area contributed by atoms with Crippen molar-refractivity contribution in [2.75, 3.05) is 5.32 Å². The number of nitrogens with one attached hydrogen (secondary N) is 1. The van der Waals surface area contributed by atoms with E-state index in [1.54, 1.807) is 24.3 Å². The second-order valence-electron chi connectivity index (χ2n) is 4.82. The van der Waals surface area contributed by atoms with Gasteiger partial charge in [-0.25, -0.2) is 0 Å². The van der Waals surface area contributed by atoms with Crippen molar-refractivity contribution in [1.82, 2.24) is 9.36 Å². The van der Waals surface area contributed by atoms with Gasteiger partial charge in [0.15, 0.2) is 5.82 Å². The molecule has 0 radical (unpaired) electrons. The highest BCUT2D eigenvalue weighted by atomic mass is 32.1. The fraction of sp³-hybridized carbons (Fsp3) is 0.0625. The summed E-state index contributed by atoms with van der Waals surface area (Å²) in [6.07, 6.45) is -4.40. The first-order valence-electron chi connectivity index (χ1n) is 6.74. The number of hydrogen-bond acceptors (Lipinski definition) is 5. The van der Waals surface area contributed by atoms with E-state index in [2.05, 4.69) is 14.7 Å². The quantitative estimate of drug-likeness (QED) is 0.737. The van der Waals surface area contributed by atoms with Crippen molar-refractivity contribution in [2.45, 2.75) is 6.18 Å². The number of aromatic nitrogens is 2. The third-order valence-electron chi connectivity index (χ3n) is 3.12. The van der Waals surface area contributed by atoms with Gasteiger partial charge < -0.3 is 5.32 Å². The maximum Gasteiger partial charge on any atom is 0.416 e. The van der Waals surface area contributed by atoms with Gasteiger partial charge in [-0.05, 0) is 30.3 Å². The minimum atomic E-state index is -4.40. The van der Waals surface area contributed by atoms with Crippen LogP contribution >= 0.6 is 11.5 Å². The van der Waals surface area contributed by atoms with Gasteiger partial charge in [-0.1, -0.05) is 18.2 Å². The van der Waals surface area contributed by atoms with Crippen LogP contribution in [0.4, 0.5) is 24.0 Å². The predicted octanol–water partition coefficient (Wildman–Crippen LogP) is 4.84. The second kappa shape index (κ2) is 6.29. The lowest BCUT2D eigenvalue weighted by Crippen LogP contribution is -2.05. The molecule has 1 heterocycles. The van der Waals surface area contributed by atoms with Crippen LogP contribution in [-0.2, 0) is 6.18 Å². The van der Waals surface area contributed by atoms with Gasteiger partial charge in [-0.2, -0.15) is 27.8 Å². The van der Waals surface area contributed by atoms with Crippen molar-refractivity contribution < 1.29 is 13.2 Å². The normalized spacial score (nSPS) is 11.1. The average molecular weight is 346 g/mol. The highest BCUT2D eigenvalue weighted by molar-refractivity contribution is 7.09. The lowest BCUT2D eigenvalue weighted by atomic mass is 10.1. The van der Waals surface area contributed by atoms with Gasteiger partial charge >= 0.3 is 6.18 Å². The average Bonchev–Trinajstić information content (AvgIpc) is 3.03. The summed E-state index contributed by atoms with van der Waals surface area (Å²) in [6, 6.07) is 13.7. The van der Waals surface area contributed by atoms with Crippen molar-refractivity contribution in [3.63, 3.8) is 0 Å². The lowest BCUT2D eigenvalue weighted by Gasteiger charge is -2.08. The Labute approximate surface area is 139 Å². The number of benzene rings is 2. The smallest absolute Gasteiger partial charge is 0.330 e. The number of rotatable bonds is 3.